The Hall–Kier alpha value is -1.39. The lowest BCUT2D eigenvalue weighted by Crippen LogP contribution is -2.45. The van der Waals surface area contributed by atoms with Crippen molar-refractivity contribution >= 4 is 5.97 Å². The van der Waals surface area contributed by atoms with Crippen molar-refractivity contribution in [2.45, 2.75) is 58.7 Å². The van der Waals surface area contributed by atoms with Crippen LogP contribution < -0.4 is 5.32 Å². The summed E-state index contributed by atoms with van der Waals surface area (Å²) in [6.45, 7) is 7.74. The first-order valence-corrected chi connectivity index (χ1v) is 7.14. The van der Waals surface area contributed by atoms with E-state index in [4.69, 9.17) is 5.11 Å². The summed E-state index contributed by atoms with van der Waals surface area (Å²) in [7, 11) is 0. The molecule has 4 heteroatoms. The molecule has 0 aliphatic rings. The molecule has 0 fully saturated rings. The zero-order valence-corrected chi connectivity index (χ0v) is 12.7. The number of hydrogen-bond acceptors (Lipinski definition) is 3. The fourth-order valence-corrected chi connectivity index (χ4v) is 2.43. The molecule has 4 nitrogen and oxygen atoms in total. The van der Waals surface area contributed by atoms with Crippen LogP contribution in [0.2, 0.25) is 0 Å². The summed E-state index contributed by atoms with van der Waals surface area (Å²) in [5, 5.41) is 22.7. The molecule has 0 spiro atoms. The fraction of sp³-hybridized carbons (Fsp3) is 0.562. The number of aliphatic carboxylic acids is 1. The van der Waals surface area contributed by atoms with Crippen molar-refractivity contribution in [3.63, 3.8) is 0 Å². The number of aliphatic hydroxyl groups is 1. The predicted molar refractivity (Wildman–Crippen MR) is 79.8 cm³/mol. The van der Waals surface area contributed by atoms with Crippen molar-refractivity contribution in [3.05, 3.63) is 34.9 Å². The molecule has 0 aromatic heterocycles. The SMILES string of the molecule is CCC(NC(CC)C(O)c1ccc(C)cc1C)C(=O)O. The maximum absolute atomic E-state index is 11.1. The molecule has 0 radical (unpaired) electrons. The second-order valence-electron chi connectivity index (χ2n) is 5.29. The van der Waals surface area contributed by atoms with E-state index in [-0.39, 0.29) is 6.04 Å². The van der Waals surface area contributed by atoms with E-state index in [1.807, 2.05) is 45.9 Å². The summed E-state index contributed by atoms with van der Waals surface area (Å²) < 4.78 is 0. The first kappa shape index (κ1) is 16.7. The Morgan fingerprint density at radius 3 is 2.35 bits per heavy atom. The molecule has 3 N–H and O–H groups in total. The van der Waals surface area contributed by atoms with E-state index in [1.54, 1.807) is 0 Å². The minimum absolute atomic E-state index is 0.266. The minimum Gasteiger partial charge on any atom is -0.480 e. The number of aryl methyl sites for hydroxylation is 2. The molecular weight excluding hydrogens is 254 g/mol. The highest BCUT2D eigenvalue weighted by molar-refractivity contribution is 5.73. The maximum Gasteiger partial charge on any atom is 0.320 e. The number of aliphatic hydroxyl groups excluding tert-OH is 1. The van der Waals surface area contributed by atoms with Gasteiger partial charge in [0.2, 0.25) is 0 Å². The van der Waals surface area contributed by atoms with E-state index in [0.717, 1.165) is 16.7 Å². The van der Waals surface area contributed by atoms with Gasteiger partial charge >= 0.3 is 5.97 Å². The Labute approximate surface area is 120 Å². The molecule has 1 aromatic rings. The maximum atomic E-state index is 11.1. The van der Waals surface area contributed by atoms with E-state index in [0.29, 0.717) is 12.8 Å². The molecule has 0 amide bonds. The summed E-state index contributed by atoms with van der Waals surface area (Å²) >= 11 is 0. The van der Waals surface area contributed by atoms with Gasteiger partial charge in [-0.05, 0) is 37.8 Å². The molecule has 3 atom stereocenters. The Balaban J connectivity index is 2.91. The fourth-order valence-electron chi connectivity index (χ4n) is 2.43. The van der Waals surface area contributed by atoms with Crippen LogP contribution in [0.5, 0.6) is 0 Å². The van der Waals surface area contributed by atoms with Gasteiger partial charge < -0.3 is 10.2 Å². The predicted octanol–water partition coefficient (Wildman–Crippen LogP) is 2.57. The number of carboxylic acid groups (broad SMARTS) is 1. The zero-order chi connectivity index (χ0) is 15.3. The van der Waals surface area contributed by atoms with Crippen LogP contribution >= 0.6 is 0 Å². The Morgan fingerprint density at radius 2 is 1.90 bits per heavy atom. The van der Waals surface area contributed by atoms with Crippen LogP contribution in [0.25, 0.3) is 0 Å². The van der Waals surface area contributed by atoms with Gasteiger partial charge in [-0.2, -0.15) is 0 Å². The lowest BCUT2D eigenvalue weighted by atomic mass is 9.94. The summed E-state index contributed by atoms with van der Waals surface area (Å²) in [4.78, 5) is 11.1. The third-order valence-electron chi connectivity index (χ3n) is 3.69. The number of carboxylic acids is 1. The molecule has 0 saturated carbocycles. The highest BCUT2D eigenvalue weighted by atomic mass is 16.4. The molecule has 20 heavy (non-hydrogen) atoms. The highest BCUT2D eigenvalue weighted by Crippen LogP contribution is 2.23. The van der Waals surface area contributed by atoms with Crippen LogP contribution in [0.1, 0.15) is 49.5 Å². The van der Waals surface area contributed by atoms with E-state index < -0.39 is 18.1 Å². The molecule has 0 aliphatic heterocycles. The van der Waals surface area contributed by atoms with E-state index in [2.05, 4.69) is 5.32 Å². The summed E-state index contributed by atoms with van der Waals surface area (Å²) in [5.74, 6) is -0.876. The molecular formula is C16H25NO3. The molecule has 1 aromatic carbocycles. The third-order valence-corrected chi connectivity index (χ3v) is 3.69. The third kappa shape index (κ3) is 4.05. The normalized spacial score (nSPS) is 15.7. The molecule has 0 heterocycles. The standard InChI is InChI=1S/C16H25NO3/c1-5-13(17-14(6-2)16(19)20)15(18)12-8-7-10(3)9-11(12)4/h7-9,13-15,17-18H,5-6H2,1-4H3,(H,19,20). The lowest BCUT2D eigenvalue weighted by Gasteiger charge is -2.27. The van der Waals surface area contributed by atoms with Crippen molar-refractivity contribution in [1.29, 1.82) is 0 Å². The molecule has 3 unspecified atom stereocenters. The number of nitrogens with one attached hydrogen (secondary N) is 1. The monoisotopic (exact) mass is 279 g/mol. The van der Waals surface area contributed by atoms with Gasteiger partial charge in [-0.1, -0.05) is 37.6 Å². The smallest absolute Gasteiger partial charge is 0.320 e. The zero-order valence-electron chi connectivity index (χ0n) is 12.7. The molecule has 0 saturated heterocycles. The van der Waals surface area contributed by atoms with E-state index >= 15 is 0 Å². The van der Waals surface area contributed by atoms with Crippen molar-refractivity contribution in [2.75, 3.05) is 0 Å². The quantitative estimate of drug-likeness (QED) is 0.717. The van der Waals surface area contributed by atoms with Gasteiger partial charge in [-0.3, -0.25) is 10.1 Å². The average Bonchev–Trinajstić information content (AvgIpc) is 2.39. The van der Waals surface area contributed by atoms with E-state index in [1.165, 1.54) is 0 Å². The molecule has 112 valence electrons. The topological polar surface area (TPSA) is 69.6 Å². The summed E-state index contributed by atoms with van der Waals surface area (Å²) in [6, 6.07) is 5.02. The first-order chi connectivity index (χ1) is 9.40. The van der Waals surface area contributed by atoms with Crippen molar-refractivity contribution in [1.82, 2.24) is 5.32 Å². The van der Waals surface area contributed by atoms with E-state index in [9.17, 15) is 9.90 Å². The second kappa shape index (κ2) is 7.41. The van der Waals surface area contributed by atoms with Crippen LogP contribution in [-0.2, 0) is 4.79 Å². The number of hydrogen-bond donors (Lipinski definition) is 3. The van der Waals surface area contributed by atoms with Crippen LogP contribution in [0, 0.1) is 13.8 Å². The number of carbonyl (C=O) groups is 1. The minimum atomic E-state index is -0.876. The van der Waals surface area contributed by atoms with Gasteiger partial charge in [0.05, 0.1) is 6.10 Å². The molecule has 0 bridgehead atoms. The van der Waals surface area contributed by atoms with Crippen LogP contribution in [0.15, 0.2) is 18.2 Å². The molecule has 1 rings (SSSR count). The largest absolute Gasteiger partial charge is 0.480 e. The van der Waals surface area contributed by atoms with Gasteiger partial charge in [-0.25, -0.2) is 0 Å². The van der Waals surface area contributed by atoms with Gasteiger partial charge in [0, 0.05) is 6.04 Å². The van der Waals surface area contributed by atoms with Gasteiger partial charge in [0.1, 0.15) is 6.04 Å². The van der Waals surface area contributed by atoms with Gasteiger partial charge in [0.25, 0.3) is 0 Å². The number of benzene rings is 1. The van der Waals surface area contributed by atoms with Crippen molar-refractivity contribution < 1.29 is 15.0 Å². The number of rotatable bonds is 7. The Morgan fingerprint density at radius 1 is 1.25 bits per heavy atom. The lowest BCUT2D eigenvalue weighted by molar-refractivity contribution is -0.140. The van der Waals surface area contributed by atoms with Crippen molar-refractivity contribution in [2.24, 2.45) is 0 Å². The average molecular weight is 279 g/mol. The van der Waals surface area contributed by atoms with Crippen LogP contribution in [0.3, 0.4) is 0 Å². The summed E-state index contributed by atoms with van der Waals surface area (Å²) in [5.41, 5.74) is 3.03. The first-order valence-electron chi connectivity index (χ1n) is 7.14. The highest BCUT2D eigenvalue weighted by Gasteiger charge is 2.25. The summed E-state index contributed by atoms with van der Waals surface area (Å²) in [6.07, 6.45) is 0.456. The van der Waals surface area contributed by atoms with Gasteiger partial charge in [-0.15, -0.1) is 0 Å². The molecule has 0 aliphatic carbocycles. The Kier molecular flexibility index (Phi) is 6.17. The van der Waals surface area contributed by atoms with Crippen LogP contribution in [-0.4, -0.2) is 28.3 Å². The van der Waals surface area contributed by atoms with Crippen molar-refractivity contribution in [3.8, 4) is 0 Å². The van der Waals surface area contributed by atoms with Gasteiger partial charge in [0.15, 0.2) is 0 Å². The second-order valence-corrected chi connectivity index (χ2v) is 5.29. The van der Waals surface area contributed by atoms with Crippen LogP contribution in [0.4, 0.5) is 0 Å². The Bertz CT molecular complexity index is 459.